The van der Waals surface area contributed by atoms with Crippen molar-refractivity contribution in [1.82, 2.24) is 9.62 Å². The van der Waals surface area contributed by atoms with Gasteiger partial charge in [0.2, 0.25) is 10.0 Å². The number of halogens is 1. The fourth-order valence-corrected chi connectivity index (χ4v) is 4.29. The molecular weight excluding hydrogens is 338 g/mol. The van der Waals surface area contributed by atoms with Gasteiger partial charge in [0.05, 0.1) is 31.1 Å². The molecule has 1 aromatic rings. The molecule has 23 heavy (non-hydrogen) atoms. The SMILES string of the molecule is CCCNC(=O)C[NH+]1CCN(S(=O)(=O)c2cccc(Cl)c2)CC1. The maximum atomic E-state index is 12.6. The van der Waals surface area contributed by atoms with Gasteiger partial charge in [0.25, 0.3) is 5.91 Å². The molecule has 0 atom stereocenters. The van der Waals surface area contributed by atoms with Crippen LogP contribution < -0.4 is 10.2 Å². The highest BCUT2D eigenvalue weighted by Crippen LogP contribution is 2.19. The summed E-state index contributed by atoms with van der Waals surface area (Å²) in [6.45, 7) is 5.15. The highest BCUT2D eigenvalue weighted by molar-refractivity contribution is 7.89. The molecular formula is C15H23ClN3O3S+. The smallest absolute Gasteiger partial charge is 0.275 e. The average Bonchev–Trinajstić information content (AvgIpc) is 2.53. The minimum Gasteiger partial charge on any atom is -0.351 e. The molecule has 0 aromatic heterocycles. The van der Waals surface area contributed by atoms with Gasteiger partial charge in [-0.05, 0) is 24.6 Å². The number of carbonyl (C=O) groups excluding carboxylic acids is 1. The number of piperazine rings is 1. The van der Waals surface area contributed by atoms with E-state index in [1.165, 1.54) is 10.4 Å². The summed E-state index contributed by atoms with van der Waals surface area (Å²) in [5.41, 5.74) is 0. The van der Waals surface area contributed by atoms with Gasteiger partial charge in [-0.2, -0.15) is 4.31 Å². The van der Waals surface area contributed by atoms with Crippen LogP contribution in [0.5, 0.6) is 0 Å². The van der Waals surface area contributed by atoms with Gasteiger partial charge in [-0.3, -0.25) is 4.79 Å². The Bertz CT molecular complexity index is 643. The Balaban J connectivity index is 1.92. The molecule has 128 valence electrons. The quantitative estimate of drug-likeness (QED) is 0.735. The summed E-state index contributed by atoms with van der Waals surface area (Å²) in [4.78, 5) is 13.1. The monoisotopic (exact) mass is 360 g/mol. The Labute approximate surface area is 142 Å². The lowest BCUT2D eigenvalue weighted by Crippen LogP contribution is -3.15. The van der Waals surface area contributed by atoms with E-state index in [1.54, 1.807) is 18.2 Å². The van der Waals surface area contributed by atoms with E-state index < -0.39 is 10.0 Å². The third-order valence-corrected chi connectivity index (χ3v) is 5.98. The van der Waals surface area contributed by atoms with Gasteiger partial charge in [-0.1, -0.05) is 24.6 Å². The predicted molar refractivity (Wildman–Crippen MR) is 89.1 cm³/mol. The number of amides is 1. The molecule has 2 rings (SSSR count). The summed E-state index contributed by atoms with van der Waals surface area (Å²) >= 11 is 5.88. The number of hydrogen-bond donors (Lipinski definition) is 2. The van der Waals surface area contributed by atoms with Crippen LogP contribution in [0.2, 0.25) is 5.02 Å². The first-order valence-corrected chi connectivity index (χ1v) is 9.61. The molecule has 1 aliphatic heterocycles. The van der Waals surface area contributed by atoms with Crippen molar-refractivity contribution in [2.45, 2.75) is 18.2 Å². The van der Waals surface area contributed by atoms with E-state index in [0.29, 0.717) is 44.3 Å². The summed E-state index contributed by atoms with van der Waals surface area (Å²) in [6.07, 6.45) is 0.909. The largest absolute Gasteiger partial charge is 0.351 e. The zero-order valence-electron chi connectivity index (χ0n) is 13.2. The lowest BCUT2D eigenvalue weighted by molar-refractivity contribution is -0.895. The molecule has 1 heterocycles. The maximum absolute atomic E-state index is 12.6. The predicted octanol–water partition coefficient (Wildman–Crippen LogP) is -0.245. The number of rotatable bonds is 6. The third kappa shape index (κ3) is 4.91. The minimum absolute atomic E-state index is 0.0213. The molecule has 0 saturated carbocycles. The molecule has 6 nitrogen and oxygen atoms in total. The molecule has 0 radical (unpaired) electrons. The standard InChI is InChI=1S/C15H22ClN3O3S/c1-2-6-17-15(20)12-18-7-9-19(10-8-18)23(21,22)14-5-3-4-13(16)11-14/h3-5,11H,2,6-10,12H2,1H3,(H,17,20)/p+1. The van der Waals surface area contributed by atoms with Crippen molar-refractivity contribution in [1.29, 1.82) is 0 Å². The molecule has 1 saturated heterocycles. The molecule has 1 fully saturated rings. The van der Waals surface area contributed by atoms with Crippen molar-refractivity contribution in [3.63, 3.8) is 0 Å². The number of nitrogens with zero attached hydrogens (tertiary/aromatic N) is 1. The van der Waals surface area contributed by atoms with Crippen LogP contribution in [0, 0.1) is 0 Å². The van der Waals surface area contributed by atoms with Gasteiger partial charge >= 0.3 is 0 Å². The maximum Gasteiger partial charge on any atom is 0.275 e. The highest BCUT2D eigenvalue weighted by atomic mass is 35.5. The summed E-state index contributed by atoms with van der Waals surface area (Å²) < 4.78 is 26.6. The Morgan fingerprint density at radius 3 is 2.65 bits per heavy atom. The van der Waals surface area contributed by atoms with Gasteiger partial charge < -0.3 is 10.2 Å². The van der Waals surface area contributed by atoms with Crippen LogP contribution in [0.3, 0.4) is 0 Å². The Morgan fingerprint density at radius 2 is 2.04 bits per heavy atom. The second-order valence-electron chi connectivity index (χ2n) is 5.64. The zero-order valence-corrected chi connectivity index (χ0v) is 14.8. The fraction of sp³-hybridized carbons (Fsp3) is 0.533. The van der Waals surface area contributed by atoms with Gasteiger partial charge in [0.15, 0.2) is 6.54 Å². The van der Waals surface area contributed by atoms with Crippen molar-refractivity contribution < 1.29 is 18.1 Å². The van der Waals surface area contributed by atoms with Crippen LogP contribution >= 0.6 is 11.6 Å². The molecule has 1 amide bonds. The van der Waals surface area contributed by atoms with Crippen LogP contribution in [0.4, 0.5) is 0 Å². The van der Waals surface area contributed by atoms with Gasteiger partial charge in [-0.25, -0.2) is 8.42 Å². The lowest BCUT2D eigenvalue weighted by Gasteiger charge is -2.31. The van der Waals surface area contributed by atoms with E-state index >= 15 is 0 Å². The lowest BCUT2D eigenvalue weighted by atomic mass is 10.3. The van der Waals surface area contributed by atoms with Crippen molar-refractivity contribution >= 4 is 27.5 Å². The van der Waals surface area contributed by atoms with Crippen LogP contribution in [0.25, 0.3) is 0 Å². The second kappa shape index (κ2) is 8.10. The molecule has 0 spiro atoms. The molecule has 1 aliphatic rings. The van der Waals surface area contributed by atoms with Crippen LogP contribution in [0.15, 0.2) is 29.2 Å². The highest BCUT2D eigenvalue weighted by Gasteiger charge is 2.31. The van der Waals surface area contributed by atoms with Crippen LogP contribution in [-0.2, 0) is 14.8 Å². The Morgan fingerprint density at radius 1 is 1.35 bits per heavy atom. The van der Waals surface area contributed by atoms with E-state index in [9.17, 15) is 13.2 Å². The molecule has 8 heteroatoms. The number of hydrogen-bond acceptors (Lipinski definition) is 3. The number of benzene rings is 1. The van der Waals surface area contributed by atoms with E-state index in [1.807, 2.05) is 6.92 Å². The van der Waals surface area contributed by atoms with E-state index in [2.05, 4.69) is 5.32 Å². The number of carbonyl (C=O) groups is 1. The number of quaternary nitrogens is 1. The van der Waals surface area contributed by atoms with E-state index in [-0.39, 0.29) is 10.8 Å². The first-order valence-electron chi connectivity index (χ1n) is 7.79. The first-order chi connectivity index (χ1) is 10.9. The Hall–Kier alpha value is -1.15. The fourth-order valence-electron chi connectivity index (χ4n) is 2.55. The van der Waals surface area contributed by atoms with Crippen molar-refractivity contribution in [2.24, 2.45) is 0 Å². The average molecular weight is 361 g/mol. The number of sulfonamides is 1. The summed E-state index contributed by atoms with van der Waals surface area (Å²) in [7, 11) is -3.52. The number of nitrogens with one attached hydrogen (secondary N) is 2. The van der Waals surface area contributed by atoms with E-state index in [4.69, 9.17) is 11.6 Å². The Kier molecular flexibility index (Phi) is 6.41. The molecule has 0 aliphatic carbocycles. The first kappa shape index (κ1) is 18.2. The summed E-state index contributed by atoms with van der Waals surface area (Å²) in [5, 5.41) is 3.25. The van der Waals surface area contributed by atoms with Crippen LogP contribution in [0.1, 0.15) is 13.3 Å². The summed E-state index contributed by atoms with van der Waals surface area (Å²) in [6, 6.07) is 6.30. The minimum atomic E-state index is -3.52. The van der Waals surface area contributed by atoms with E-state index in [0.717, 1.165) is 11.3 Å². The van der Waals surface area contributed by atoms with Crippen molar-refractivity contribution in [2.75, 3.05) is 39.3 Å². The molecule has 0 bridgehead atoms. The molecule has 1 aromatic carbocycles. The van der Waals surface area contributed by atoms with Crippen molar-refractivity contribution in [3.05, 3.63) is 29.3 Å². The third-order valence-electron chi connectivity index (χ3n) is 3.85. The van der Waals surface area contributed by atoms with Crippen molar-refractivity contribution in [3.8, 4) is 0 Å². The van der Waals surface area contributed by atoms with Crippen LogP contribution in [-0.4, -0.2) is 57.9 Å². The normalized spacial score (nSPS) is 17.1. The zero-order chi connectivity index (χ0) is 16.9. The second-order valence-corrected chi connectivity index (χ2v) is 8.01. The van der Waals surface area contributed by atoms with Gasteiger partial charge in [-0.15, -0.1) is 0 Å². The molecule has 2 N–H and O–H groups in total. The van der Waals surface area contributed by atoms with Gasteiger partial charge in [0, 0.05) is 11.6 Å². The topological polar surface area (TPSA) is 70.9 Å². The summed E-state index contributed by atoms with van der Waals surface area (Å²) in [5.74, 6) is 0.0213. The molecule has 0 unspecified atom stereocenters. The van der Waals surface area contributed by atoms with Gasteiger partial charge in [0.1, 0.15) is 0 Å².